The molecule has 98 valence electrons. The second kappa shape index (κ2) is 8.34. The Hall–Kier alpha value is -0.770. The molecule has 0 aromatic heterocycles. The first-order valence-corrected chi connectivity index (χ1v) is 6.88. The van der Waals surface area contributed by atoms with Gasteiger partial charge in [0.1, 0.15) is 0 Å². The zero-order chi connectivity index (χ0) is 12.5. The van der Waals surface area contributed by atoms with Crippen molar-refractivity contribution in [3.05, 3.63) is 0 Å². The van der Waals surface area contributed by atoms with Gasteiger partial charge in [0.05, 0.1) is 0 Å². The van der Waals surface area contributed by atoms with Crippen molar-refractivity contribution in [3.63, 3.8) is 0 Å². The fraction of sp³-hybridized carbons (Fsp3) is 0.833. The Morgan fingerprint density at radius 3 is 2.41 bits per heavy atom. The van der Waals surface area contributed by atoms with Crippen molar-refractivity contribution in [2.45, 2.75) is 51.0 Å². The van der Waals surface area contributed by atoms with Crippen molar-refractivity contribution in [2.24, 2.45) is 0 Å². The summed E-state index contributed by atoms with van der Waals surface area (Å²) in [6, 6.07) is 0.424. The molecule has 0 aliphatic heterocycles. The third-order valence-corrected chi connectivity index (χ3v) is 2.90. The molecule has 0 spiro atoms. The van der Waals surface area contributed by atoms with Crippen LogP contribution in [0.3, 0.4) is 0 Å². The highest BCUT2D eigenvalue weighted by Gasteiger charge is 2.22. The lowest BCUT2D eigenvalue weighted by Gasteiger charge is -2.05. The lowest BCUT2D eigenvalue weighted by atomic mass is 10.2. The first-order valence-electron chi connectivity index (χ1n) is 6.34. The van der Waals surface area contributed by atoms with Gasteiger partial charge in [-0.1, -0.05) is 0 Å². The van der Waals surface area contributed by atoms with Crippen molar-refractivity contribution in [1.29, 1.82) is 0 Å². The van der Waals surface area contributed by atoms with Crippen molar-refractivity contribution in [2.75, 3.05) is 12.4 Å². The van der Waals surface area contributed by atoms with E-state index in [4.69, 9.17) is 11.6 Å². The van der Waals surface area contributed by atoms with Crippen molar-refractivity contribution in [1.82, 2.24) is 10.6 Å². The number of carbonyl (C=O) groups is 2. The summed E-state index contributed by atoms with van der Waals surface area (Å²) in [5.41, 5.74) is 0. The summed E-state index contributed by atoms with van der Waals surface area (Å²) in [5.74, 6) is 0.760. The number of amides is 2. The average Bonchev–Trinajstić information content (AvgIpc) is 3.09. The molecule has 0 unspecified atom stereocenters. The van der Waals surface area contributed by atoms with E-state index in [1.165, 1.54) is 0 Å². The van der Waals surface area contributed by atoms with E-state index in [0.29, 0.717) is 37.7 Å². The smallest absolute Gasteiger partial charge is 0.220 e. The van der Waals surface area contributed by atoms with Crippen LogP contribution in [0.15, 0.2) is 0 Å². The fourth-order valence-electron chi connectivity index (χ4n) is 1.47. The second-order valence-electron chi connectivity index (χ2n) is 4.44. The maximum atomic E-state index is 11.3. The lowest BCUT2D eigenvalue weighted by molar-refractivity contribution is -0.123. The summed E-state index contributed by atoms with van der Waals surface area (Å²) in [4.78, 5) is 22.6. The van der Waals surface area contributed by atoms with Gasteiger partial charge in [0.15, 0.2) is 0 Å². The van der Waals surface area contributed by atoms with Gasteiger partial charge >= 0.3 is 0 Å². The van der Waals surface area contributed by atoms with E-state index in [-0.39, 0.29) is 11.8 Å². The molecule has 0 aromatic carbocycles. The molecule has 5 heteroatoms. The average molecular weight is 261 g/mol. The Morgan fingerprint density at radius 1 is 1.06 bits per heavy atom. The van der Waals surface area contributed by atoms with Crippen molar-refractivity contribution >= 4 is 23.4 Å². The van der Waals surface area contributed by atoms with Gasteiger partial charge in [-0.2, -0.15) is 0 Å². The van der Waals surface area contributed by atoms with Crippen LogP contribution in [0.1, 0.15) is 44.9 Å². The van der Waals surface area contributed by atoms with Crippen LogP contribution in [0.2, 0.25) is 0 Å². The molecular formula is C12H21ClN2O2. The largest absolute Gasteiger partial charge is 0.356 e. The molecule has 1 fully saturated rings. The minimum absolute atomic E-state index is 0.0534. The van der Waals surface area contributed by atoms with Crippen LogP contribution >= 0.6 is 11.6 Å². The van der Waals surface area contributed by atoms with Crippen molar-refractivity contribution < 1.29 is 9.59 Å². The summed E-state index contributed by atoms with van der Waals surface area (Å²) in [7, 11) is 0. The van der Waals surface area contributed by atoms with E-state index < -0.39 is 0 Å². The number of unbranched alkanes of at least 4 members (excludes halogenated alkanes) is 1. The van der Waals surface area contributed by atoms with Crippen LogP contribution in [0.25, 0.3) is 0 Å². The molecule has 1 aliphatic carbocycles. The zero-order valence-electron chi connectivity index (χ0n) is 10.1. The van der Waals surface area contributed by atoms with Crippen LogP contribution in [0.5, 0.6) is 0 Å². The minimum Gasteiger partial charge on any atom is -0.356 e. The van der Waals surface area contributed by atoms with Crippen LogP contribution in [-0.2, 0) is 9.59 Å². The first-order chi connectivity index (χ1) is 8.22. The number of hydrogen-bond donors (Lipinski definition) is 2. The normalized spacial score (nSPS) is 14.4. The Bertz CT molecular complexity index is 255. The molecule has 0 saturated heterocycles. The molecule has 0 bridgehead atoms. The topological polar surface area (TPSA) is 58.2 Å². The van der Waals surface area contributed by atoms with Gasteiger partial charge in [0.25, 0.3) is 0 Å². The Kier molecular flexibility index (Phi) is 7.01. The highest BCUT2D eigenvalue weighted by atomic mass is 35.5. The number of halogens is 1. The molecule has 1 saturated carbocycles. The van der Waals surface area contributed by atoms with Gasteiger partial charge in [-0.15, -0.1) is 11.6 Å². The van der Waals surface area contributed by atoms with E-state index in [9.17, 15) is 9.59 Å². The highest BCUT2D eigenvalue weighted by Crippen LogP contribution is 2.18. The quantitative estimate of drug-likeness (QED) is 0.488. The number of hydrogen-bond acceptors (Lipinski definition) is 2. The number of nitrogens with one attached hydrogen (secondary N) is 2. The second-order valence-corrected chi connectivity index (χ2v) is 4.82. The van der Waals surface area contributed by atoms with Gasteiger partial charge in [-0.25, -0.2) is 0 Å². The standard InChI is InChI=1S/C12H21ClN2O2/c13-8-2-1-4-11(16)14-9-3-5-12(17)15-10-6-7-10/h10H,1-9H2,(H,14,16)(H,15,17). The Labute approximate surface area is 107 Å². The van der Waals surface area contributed by atoms with E-state index in [0.717, 1.165) is 25.7 Å². The van der Waals surface area contributed by atoms with Gasteiger partial charge in [-0.05, 0) is 32.1 Å². The lowest BCUT2D eigenvalue weighted by Crippen LogP contribution is -2.28. The Morgan fingerprint density at radius 2 is 1.76 bits per heavy atom. The molecule has 4 nitrogen and oxygen atoms in total. The van der Waals surface area contributed by atoms with Crippen LogP contribution in [-0.4, -0.2) is 30.3 Å². The number of rotatable bonds is 9. The summed E-state index contributed by atoms with van der Waals surface area (Å²) < 4.78 is 0. The summed E-state index contributed by atoms with van der Waals surface area (Å²) >= 11 is 5.52. The summed E-state index contributed by atoms with van der Waals surface area (Å²) in [5, 5.41) is 5.72. The zero-order valence-corrected chi connectivity index (χ0v) is 10.9. The molecule has 17 heavy (non-hydrogen) atoms. The van der Waals surface area contributed by atoms with E-state index in [1.807, 2.05) is 0 Å². The van der Waals surface area contributed by atoms with Gasteiger partial charge in [-0.3, -0.25) is 9.59 Å². The molecule has 2 amide bonds. The molecular weight excluding hydrogens is 240 g/mol. The maximum Gasteiger partial charge on any atom is 0.220 e. The molecule has 0 atom stereocenters. The van der Waals surface area contributed by atoms with E-state index in [1.54, 1.807) is 0 Å². The molecule has 1 rings (SSSR count). The third-order valence-electron chi connectivity index (χ3n) is 2.63. The van der Waals surface area contributed by atoms with Crippen LogP contribution in [0, 0.1) is 0 Å². The van der Waals surface area contributed by atoms with E-state index >= 15 is 0 Å². The number of alkyl halides is 1. The molecule has 0 heterocycles. The molecule has 0 aromatic rings. The van der Waals surface area contributed by atoms with Crippen LogP contribution in [0.4, 0.5) is 0 Å². The molecule has 0 radical (unpaired) electrons. The van der Waals surface area contributed by atoms with Crippen molar-refractivity contribution in [3.8, 4) is 0 Å². The monoisotopic (exact) mass is 260 g/mol. The fourth-order valence-corrected chi connectivity index (χ4v) is 1.66. The predicted octanol–water partition coefficient (Wildman–Crippen LogP) is 1.57. The first kappa shape index (κ1) is 14.3. The molecule has 2 N–H and O–H groups in total. The third kappa shape index (κ3) is 8.02. The summed E-state index contributed by atoms with van der Waals surface area (Å²) in [6.45, 7) is 0.581. The van der Waals surface area contributed by atoms with E-state index in [2.05, 4.69) is 10.6 Å². The minimum atomic E-state index is 0.0534. The van der Waals surface area contributed by atoms with Gasteiger partial charge < -0.3 is 10.6 Å². The Balaban J connectivity index is 1.88. The highest BCUT2D eigenvalue weighted by molar-refractivity contribution is 6.17. The predicted molar refractivity (Wildman–Crippen MR) is 68.0 cm³/mol. The van der Waals surface area contributed by atoms with Gasteiger partial charge in [0, 0.05) is 31.3 Å². The van der Waals surface area contributed by atoms with Crippen LogP contribution < -0.4 is 10.6 Å². The number of carbonyl (C=O) groups excluding carboxylic acids is 2. The molecule has 1 aliphatic rings. The maximum absolute atomic E-state index is 11.3. The van der Waals surface area contributed by atoms with Gasteiger partial charge in [0.2, 0.25) is 11.8 Å². The SMILES string of the molecule is O=C(CCCCCl)NCCCC(=O)NC1CC1. The summed E-state index contributed by atoms with van der Waals surface area (Å²) in [6.07, 6.45) is 5.67.